The van der Waals surface area contributed by atoms with Crippen LogP contribution in [0.3, 0.4) is 0 Å². The van der Waals surface area contributed by atoms with Crippen molar-refractivity contribution in [3.05, 3.63) is 59.9 Å². The van der Waals surface area contributed by atoms with E-state index in [4.69, 9.17) is 14.2 Å². The molecule has 16 heteroatoms. The molecule has 50 heavy (non-hydrogen) atoms. The van der Waals surface area contributed by atoms with Gasteiger partial charge < -0.3 is 24.4 Å². The summed E-state index contributed by atoms with van der Waals surface area (Å²) in [6.45, 7) is 6.49. The number of likely N-dealkylation sites (tertiary alicyclic amines) is 1. The van der Waals surface area contributed by atoms with Crippen molar-refractivity contribution < 1.29 is 40.6 Å². The van der Waals surface area contributed by atoms with Crippen LogP contribution >= 0.6 is 0 Å². The molecular formula is C34H43F3N6O6S. The van der Waals surface area contributed by atoms with E-state index in [0.717, 1.165) is 42.5 Å². The maximum absolute atomic E-state index is 14.2. The van der Waals surface area contributed by atoms with Gasteiger partial charge in [0, 0.05) is 38.0 Å². The van der Waals surface area contributed by atoms with Crippen LogP contribution < -0.4 is 14.8 Å². The maximum atomic E-state index is 14.2. The number of benzene rings is 2. The summed E-state index contributed by atoms with van der Waals surface area (Å²) in [6, 6.07) is 8.48. The van der Waals surface area contributed by atoms with Gasteiger partial charge in [-0.3, -0.25) is 4.79 Å². The van der Waals surface area contributed by atoms with Gasteiger partial charge in [-0.2, -0.15) is 17.5 Å². The molecule has 3 aliphatic heterocycles. The largest absolute Gasteiger partial charge is 0.494 e. The van der Waals surface area contributed by atoms with Crippen LogP contribution in [0.4, 0.5) is 13.2 Å². The fourth-order valence-electron chi connectivity index (χ4n) is 6.81. The zero-order chi connectivity index (χ0) is 35.7. The van der Waals surface area contributed by atoms with Crippen molar-refractivity contribution in [2.24, 2.45) is 5.92 Å². The first-order valence-electron chi connectivity index (χ1n) is 16.8. The number of amides is 1. The van der Waals surface area contributed by atoms with E-state index in [9.17, 15) is 26.4 Å². The van der Waals surface area contributed by atoms with E-state index in [2.05, 4.69) is 34.4 Å². The molecule has 12 nitrogen and oxygen atoms in total. The minimum absolute atomic E-state index is 0.00253. The summed E-state index contributed by atoms with van der Waals surface area (Å²) >= 11 is 0. The molecular weight excluding hydrogens is 677 g/mol. The van der Waals surface area contributed by atoms with E-state index < -0.39 is 50.3 Å². The minimum atomic E-state index is -4.79. The number of ether oxygens (including phenoxy) is 3. The summed E-state index contributed by atoms with van der Waals surface area (Å²) in [5, 5.41) is 11.5. The summed E-state index contributed by atoms with van der Waals surface area (Å²) in [7, 11) is -3.12. The molecule has 0 radical (unpaired) electrons. The number of fused-ring (bicyclic) bond motifs is 2. The molecule has 6 rings (SSSR count). The molecule has 1 aromatic heterocycles. The van der Waals surface area contributed by atoms with Gasteiger partial charge in [-0.15, -0.1) is 5.10 Å². The van der Waals surface area contributed by atoms with Gasteiger partial charge in [-0.05, 0) is 62.1 Å². The number of carbonyl (C=O) groups excluding carboxylic acids is 1. The summed E-state index contributed by atoms with van der Waals surface area (Å²) in [5.74, 6) is 0.445. The van der Waals surface area contributed by atoms with Crippen LogP contribution in [0.25, 0.3) is 5.69 Å². The van der Waals surface area contributed by atoms with Crippen molar-refractivity contribution in [3.8, 4) is 17.2 Å². The monoisotopic (exact) mass is 720 g/mol. The highest BCUT2D eigenvalue weighted by atomic mass is 32.2. The number of hydrogen-bond donors (Lipinski definition) is 1. The second-order valence-electron chi connectivity index (χ2n) is 13.6. The number of piperidine rings is 1. The topological polar surface area (TPSA) is 128 Å². The van der Waals surface area contributed by atoms with E-state index in [1.165, 1.54) is 4.68 Å². The standard InChI is InChI=1S/C34H43F3N6O6S/c1-23(2)10-14-41-15-11-33(12-16-41)13-17-48-30-9-8-24(34(35,36)37)18-31(30)50(45,46)43-21-26(19-28(43)32(44)38-33)49-22-25-20-42(40-39-25)27-6-4-5-7-29(27)47-3/h4-9,18,20,23,26,28H,10-17,19,21-22H2,1-3H3,(H,38,44)/t26-,28+/m1/s1. The third-order valence-electron chi connectivity index (χ3n) is 9.78. The summed E-state index contributed by atoms with van der Waals surface area (Å²) in [5.41, 5.74) is -0.699. The van der Waals surface area contributed by atoms with Crippen molar-refractivity contribution in [3.63, 3.8) is 0 Å². The molecule has 2 saturated heterocycles. The number of carbonyl (C=O) groups is 1. The van der Waals surface area contributed by atoms with Crippen LogP contribution in [0.5, 0.6) is 11.5 Å². The van der Waals surface area contributed by atoms with Crippen LogP contribution in [-0.4, -0.2) is 96.1 Å². The average molecular weight is 721 g/mol. The van der Waals surface area contributed by atoms with Crippen molar-refractivity contribution >= 4 is 15.9 Å². The SMILES string of the molecule is COc1ccccc1-n1cc(CO[C@@H]2C[C@H]3C(=O)NC4(CCOc5ccc(C(F)(F)F)cc5S(=O)(=O)N3C2)CCN(CCC(C)C)CC4)nn1. The van der Waals surface area contributed by atoms with Gasteiger partial charge in [0.05, 0.1) is 38.2 Å². The molecule has 1 spiro atoms. The Hall–Kier alpha value is -3.73. The number of rotatable bonds is 8. The molecule has 1 N–H and O–H groups in total. The molecule has 0 unspecified atom stereocenters. The van der Waals surface area contributed by atoms with Gasteiger partial charge in [0.1, 0.15) is 33.8 Å². The zero-order valence-corrected chi connectivity index (χ0v) is 29.2. The number of sulfonamides is 1. The van der Waals surface area contributed by atoms with Crippen molar-refractivity contribution in [1.29, 1.82) is 0 Å². The van der Waals surface area contributed by atoms with Gasteiger partial charge >= 0.3 is 6.18 Å². The quantitative estimate of drug-likeness (QED) is 0.360. The third kappa shape index (κ3) is 7.77. The Morgan fingerprint density at radius 1 is 1.12 bits per heavy atom. The molecule has 1 amide bonds. The molecule has 272 valence electrons. The predicted octanol–water partition coefficient (Wildman–Crippen LogP) is 4.42. The van der Waals surface area contributed by atoms with Crippen LogP contribution in [0.15, 0.2) is 53.6 Å². The molecule has 3 aromatic rings. The Morgan fingerprint density at radius 2 is 1.88 bits per heavy atom. The number of para-hydroxylation sites is 2. The highest BCUT2D eigenvalue weighted by Gasteiger charge is 2.48. The number of nitrogens with one attached hydrogen (secondary N) is 1. The molecule has 4 heterocycles. The lowest BCUT2D eigenvalue weighted by Gasteiger charge is -2.43. The number of aromatic nitrogens is 3. The third-order valence-corrected chi connectivity index (χ3v) is 11.7. The highest BCUT2D eigenvalue weighted by molar-refractivity contribution is 7.89. The Morgan fingerprint density at radius 3 is 2.60 bits per heavy atom. The van der Waals surface area contributed by atoms with Gasteiger partial charge in [-0.1, -0.05) is 31.2 Å². The van der Waals surface area contributed by atoms with Gasteiger partial charge in [-0.25, -0.2) is 13.1 Å². The van der Waals surface area contributed by atoms with Crippen molar-refractivity contribution in [2.75, 3.05) is 39.9 Å². The second kappa shape index (κ2) is 14.5. The number of hydrogen-bond acceptors (Lipinski definition) is 9. The Kier molecular flexibility index (Phi) is 10.4. The first-order chi connectivity index (χ1) is 23.8. The molecule has 2 aromatic carbocycles. The molecule has 0 bridgehead atoms. The van der Waals surface area contributed by atoms with Crippen LogP contribution in [0.1, 0.15) is 57.2 Å². The molecule has 0 aliphatic carbocycles. The summed E-state index contributed by atoms with van der Waals surface area (Å²) in [4.78, 5) is 15.8. The van der Waals surface area contributed by atoms with Gasteiger partial charge in [0.25, 0.3) is 0 Å². The number of alkyl halides is 3. The Balaban J connectivity index is 1.27. The summed E-state index contributed by atoms with van der Waals surface area (Å²) in [6.07, 6.45) is -1.23. The predicted molar refractivity (Wildman–Crippen MR) is 176 cm³/mol. The van der Waals surface area contributed by atoms with Gasteiger partial charge in [0.2, 0.25) is 15.9 Å². The van der Waals surface area contributed by atoms with Gasteiger partial charge in [0.15, 0.2) is 0 Å². The molecule has 0 saturated carbocycles. The van der Waals surface area contributed by atoms with E-state index >= 15 is 0 Å². The first-order valence-corrected chi connectivity index (χ1v) is 18.3. The smallest absolute Gasteiger partial charge is 0.416 e. The second-order valence-corrected chi connectivity index (χ2v) is 15.5. The van der Waals surface area contributed by atoms with E-state index in [1.54, 1.807) is 19.4 Å². The Labute approximate surface area is 289 Å². The first kappa shape index (κ1) is 36.1. The highest BCUT2D eigenvalue weighted by Crippen LogP contribution is 2.39. The van der Waals surface area contributed by atoms with E-state index in [1.807, 2.05) is 18.2 Å². The zero-order valence-electron chi connectivity index (χ0n) is 28.4. The molecule has 2 atom stereocenters. The molecule has 2 fully saturated rings. The lowest BCUT2D eigenvalue weighted by molar-refractivity contribution is -0.137. The lowest BCUT2D eigenvalue weighted by Crippen LogP contribution is -2.59. The number of methoxy groups -OCH3 is 1. The normalized spacial score (nSPS) is 22.7. The average Bonchev–Trinajstić information content (AvgIpc) is 3.74. The Bertz CT molecular complexity index is 1780. The maximum Gasteiger partial charge on any atom is 0.416 e. The molecule has 3 aliphatic rings. The van der Waals surface area contributed by atoms with Crippen LogP contribution in [-0.2, 0) is 32.3 Å². The van der Waals surface area contributed by atoms with Crippen molar-refractivity contribution in [1.82, 2.24) is 29.5 Å². The van der Waals surface area contributed by atoms with Crippen LogP contribution in [0.2, 0.25) is 0 Å². The number of halogens is 3. The fourth-order valence-corrected chi connectivity index (χ4v) is 8.60. The van der Waals surface area contributed by atoms with Crippen LogP contribution in [0, 0.1) is 5.92 Å². The van der Waals surface area contributed by atoms with E-state index in [-0.39, 0.29) is 31.9 Å². The van der Waals surface area contributed by atoms with E-state index in [0.29, 0.717) is 48.4 Å². The minimum Gasteiger partial charge on any atom is -0.494 e. The summed E-state index contributed by atoms with van der Waals surface area (Å²) < 4.78 is 89.9. The fraction of sp³-hybridized carbons (Fsp3) is 0.559. The lowest BCUT2D eigenvalue weighted by atomic mass is 9.84. The van der Waals surface area contributed by atoms with Crippen molar-refractivity contribution in [2.45, 2.75) is 81.3 Å². The number of nitrogens with zero attached hydrogens (tertiary/aromatic N) is 5.